The third kappa shape index (κ3) is 2.45. The van der Waals surface area contributed by atoms with E-state index in [-0.39, 0.29) is 18.4 Å². The molecule has 0 amide bonds. The molecule has 2 nitrogen and oxygen atoms in total. The summed E-state index contributed by atoms with van der Waals surface area (Å²) in [4.78, 5) is 0. The lowest BCUT2D eigenvalue weighted by Crippen LogP contribution is -2.11. The van der Waals surface area contributed by atoms with E-state index in [0.29, 0.717) is 5.75 Å². The molecule has 19 heavy (non-hydrogen) atoms. The van der Waals surface area contributed by atoms with Gasteiger partial charge in [-0.15, -0.1) is 12.4 Å². The highest BCUT2D eigenvalue weighted by Crippen LogP contribution is 2.32. The minimum Gasteiger partial charge on any atom is -0.507 e. The average Bonchev–Trinajstić information content (AvgIpc) is 2.93. The third-order valence-electron chi connectivity index (χ3n) is 3.17. The van der Waals surface area contributed by atoms with Gasteiger partial charge in [-0.05, 0) is 39.4 Å². The van der Waals surface area contributed by atoms with Crippen molar-refractivity contribution in [3.05, 3.63) is 64.4 Å². The Morgan fingerprint density at radius 3 is 2.42 bits per heavy atom. The van der Waals surface area contributed by atoms with Crippen molar-refractivity contribution in [1.82, 2.24) is 0 Å². The van der Waals surface area contributed by atoms with Gasteiger partial charge in [0.2, 0.25) is 0 Å². The van der Waals surface area contributed by atoms with Crippen molar-refractivity contribution in [3.63, 3.8) is 0 Å². The zero-order chi connectivity index (χ0) is 12.5. The third-order valence-corrected chi connectivity index (χ3v) is 3.87. The minimum atomic E-state index is -0.151. The van der Waals surface area contributed by atoms with E-state index in [1.165, 1.54) is 0 Å². The molecule has 0 spiro atoms. The summed E-state index contributed by atoms with van der Waals surface area (Å²) >= 11 is 1.64. The molecule has 3 N–H and O–H groups in total. The van der Waals surface area contributed by atoms with Gasteiger partial charge < -0.3 is 10.8 Å². The predicted molar refractivity (Wildman–Crippen MR) is 83.2 cm³/mol. The molecule has 98 valence electrons. The number of fused-ring (bicyclic) bond motifs is 1. The monoisotopic (exact) mass is 291 g/mol. The Labute approximate surface area is 121 Å². The van der Waals surface area contributed by atoms with Crippen LogP contribution in [0.25, 0.3) is 10.8 Å². The van der Waals surface area contributed by atoms with Crippen LogP contribution in [0.5, 0.6) is 5.75 Å². The van der Waals surface area contributed by atoms with Crippen molar-refractivity contribution < 1.29 is 5.11 Å². The first-order valence-electron chi connectivity index (χ1n) is 5.75. The lowest BCUT2D eigenvalue weighted by Gasteiger charge is -2.14. The molecule has 1 aromatic heterocycles. The highest BCUT2D eigenvalue weighted by Gasteiger charge is 2.13. The van der Waals surface area contributed by atoms with E-state index in [4.69, 9.17) is 5.73 Å². The normalized spacial score (nSPS) is 12.1. The van der Waals surface area contributed by atoms with Crippen LogP contribution in [0, 0.1) is 0 Å². The maximum absolute atomic E-state index is 9.87. The number of hydrogen-bond acceptors (Lipinski definition) is 3. The van der Waals surface area contributed by atoms with Crippen LogP contribution in [0.4, 0.5) is 0 Å². The van der Waals surface area contributed by atoms with Crippen LogP contribution in [-0.4, -0.2) is 5.11 Å². The van der Waals surface area contributed by atoms with E-state index >= 15 is 0 Å². The Morgan fingerprint density at radius 1 is 1.00 bits per heavy atom. The van der Waals surface area contributed by atoms with E-state index in [1.807, 2.05) is 41.8 Å². The highest BCUT2D eigenvalue weighted by molar-refractivity contribution is 7.08. The lowest BCUT2D eigenvalue weighted by atomic mass is 9.95. The Hall–Kier alpha value is -1.55. The standard InChI is InChI=1S/C15H13NOS.ClH/c16-15(10-7-8-18-9-10)13-5-6-14(17)12-4-2-1-3-11(12)13;/h1-9,15,17H,16H2;1H/t15-;/m0./s1. The summed E-state index contributed by atoms with van der Waals surface area (Å²) < 4.78 is 0. The van der Waals surface area contributed by atoms with Crippen LogP contribution >= 0.6 is 23.7 Å². The first-order valence-corrected chi connectivity index (χ1v) is 6.70. The number of phenols is 1. The fourth-order valence-corrected chi connectivity index (χ4v) is 2.91. The fraction of sp³-hybridized carbons (Fsp3) is 0.0667. The molecule has 3 rings (SSSR count). The van der Waals surface area contributed by atoms with Crippen LogP contribution in [0.2, 0.25) is 0 Å². The van der Waals surface area contributed by atoms with Crippen LogP contribution in [-0.2, 0) is 0 Å². The summed E-state index contributed by atoms with van der Waals surface area (Å²) in [6, 6.07) is 13.3. The van der Waals surface area contributed by atoms with Gasteiger partial charge in [0.15, 0.2) is 0 Å². The fourth-order valence-electron chi connectivity index (χ4n) is 2.21. The van der Waals surface area contributed by atoms with Gasteiger partial charge in [-0.1, -0.05) is 30.3 Å². The van der Waals surface area contributed by atoms with Gasteiger partial charge in [-0.25, -0.2) is 0 Å². The molecule has 0 unspecified atom stereocenters. The Morgan fingerprint density at radius 2 is 1.74 bits per heavy atom. The maximum atomic E-state index is 9.87. The largest absolute Gasteiger partial charge is 0.507 e. The van der Waals surface area contributed by atoms with Gasteiger partial charge in [0.05, 0.1) is 6.04 Å². The van der Waals surface area contributed by atoms with E-state index in [2.05, 4.69) is 5.38 Å². The van der Waals surface area contributed by atoms with Gasteiger partial charge >= 0.3 is 0 Å². The van der Waals surface area contributed by atoms with E-state index < -0.39 is 0 Å². The van der Waals surface area contributed by atoms with Crippen molar-refractivity contribution in [1.29, 1.82) is 0 Å². The average molecular weight is 292 g/mol. The number of hydrogen-bond donors (Lipinski definition) is 2. The smallest absolute Gasteiger partial charge is 0.123 e. The zero-order valence-corrected chi connectivity index (χ0v) is 11.7. The molecular weight excluding hydrogens is 278 g/mol. The summed E-state index contributed by atoms with van der Waals surface area (Å²) in [5, 5.41) is 15.8. The maximum Gasteiger partial charge on any atom is 0.123 e. The molecule has 0 saturated heterocycles. The Balaban J connectivity index is 0.00000133. The molecule has 2 aromatic carbocycles. The zero-order valence-electron chi connectivity index (χ0n) is 10.1. The number of benzene rings is 2. The number of rotatable bonds is 2. The molecule has 1 heterocycles. The molecule has 0 aliphatic heterocycles. The Kier molecular flexibility index (Phi) is 4.10. The molecule has 0 aliphatic rings. The van der Waals surface area contributed by atoms with Crippen molar-refractivity contribution in [2.45, 2.75) is 6.04 Å². The second kappa shape index (κ2) is 5.61. The molecule has 0 aliphatic carbocycles. The molecule has 0 saturated carbocycles. The van der Waals surface area contributed by atoms with E-state index in [9.17, 15) is 5.11 Å². The second-order valence-electron chi connectivity index (χ2n) is 4.25. The summed E-state index contributed by atoms with van der Waals surface area (Å²) in [5.41, 5.74) is 8.45. The predicted octanol–water partition coefficient (Wildman–Crippen LogP) is 4.08. The summed E-state index contributed by atoms with van der Waals surface area (Å²) in [5.74, 6) is 0.298. The molecule has 1 atom stereocenters. The number of thiophene rings is 1. The van der Waals surface area contributed by atoms with Crippen LogP contribution in [0.3, 0.4) is 0 Å². The van der Waals surface area contributed by atoms with Gasteiger partial charge in [-0.3, -0.25) is 0 Å². The lowest BCUT2D eigenvalue weighted by molar-refractivity contribution is 0.481. The first-order chi connectivity index (χ1) is 8.77. The summed E-state index contributed by atoms with van der Waals surface area (Å²) in [6.07, 6.45) is 0. The van der Waals surface area contributed by atoms with Gasteiger partial charge in [0.25, 0.3) is 0 Å². The van der Waals surface area contributed by atoms with E-state index in [1.54, 1.807) is 17.4 Å². The Bertz CT molecular complexity index is 682. The van der Waals surface area contributed by atoms with Crippen molar-refractivity contribution in [3.8, 4) is 5.75 Å². The first kappa shape index (κ1) is 13.9. The molecule has 0 radical (unpaired) electrons. The number of phenolic OH excluding ortho intramolecular Hbond substituents is 1. The van der Waals surface area contributed by atoms with Gasteiger partial charge in [0, 0.05) is 5.39 Å². The molecule has 3 aromatic rings. The van der Waals surface area contributed by atoms with Gasteiger partial charge in [-0.2, -0.15) is 11.3 Å². The molecule has 4 heteroatoms. The number of nitrogens with two attached hydrogens (primary N) is 1. The number of halogens is 1. The second-order valence-corrected chi connectivity index (χ2v) is 5.03. The van der Waals surface area contributed by atoms with Crippen LogP contribution in [0.15, 0.2) is 53.2 Å². The summed E-state index contributed by atoms with van der Waals surface area (Å²) in [6.45, 7) is 0. The molecule has 0 bridgehead atoms. The van der Waals surface area contributed by atoms with Crippen LogP contribution in [0.1, 0.15) is 17.2 Å². The van der Waals surface area contributed by atoms with Gasteiger partial charge in [0.1, 0.15) is 5.75 Å². The van der Waals surface area contributed by atoms with Crippen molar-refractivity contribution in [2.75, 3.05) is 0 Å². The quantitative estimate of drug-likeness (QED) is 0.747. The topological polar surface area (TPSA) is 46.2 Å². The molecule has 0 fully saturated rings. The van der Waals surface area contributed by atoms with E-state index in [0.717, 1.165) is 21.9 Å². The van der Waals surface area contributed by atoms with Crippen molar-refractivity contribution >= 4 is 34.5 Å². The SMILES string of the molecule is Cl.N[C@@H](c1ccsc1)c1ccc(O)c2ccccc12. The molecular formula is C15H14ClNOS. The number of aromatic hydroxyl groups is 1. The van der Waals surface area contributed by atoms with Crippen molar-refractivity contribution in [2.24, 2.45) is 5.73 Å². The summed E-state index contributed by atoms with van der Waals surface area (Å²) in [7, 11) is 0. The minimum absolute atomic E-state index is 0. The van der Waals surface area contributed by atoms with Crippen LogP contribution < -0.4 is 5.73 Å². The highest BCUT2D eigenvalue weighted by atomic mass is 35.5.